The maximum Gasteiger partial charge on any atom is 0.419 e. The van der Waals surface area contributed by atoms with Gasteiger partial charge in [-0.1, -0.05) is 0 Å². The van der Waals surface area contributed by atoms with E-state index >= 15 is 0 Å². The Labute approximate surface area is 144 Å². The van der Waals surface area contributed by atoms with Crippen LogP contribution in [-0.4, -0.2) is 53.3 Å². The van der Waals surface area contributed by atoms with Gasteiger partial charge in [-0.15, -0.1) is 0 Å². The maximum absolute atomic E-state index is 14.4. The number of aromatic amines is 1. The summed E-state index contributed by atoms with van der Waals surface area (Å²) in [6.45, 7) is 2.71. The van der Waals surface area contributed by atoms with Crippen molar-refractivity contribution in [2.45, 2.75) is 6.18 Å². The Hall–Kier alpha value is -2.49. The van der Waals surface area contributed by atoms with Crippen molar-refractivity contribution in [3.8, 4) is 0 Å². The van der Waals surface area contributed by atoms with Crippen molar-refractivity contribution in [3.63, 3.8) is 0 Å². The van der Waals surface area contributed by atoms with Crippen LogP contribution < -0.4 is 4.90 Å². The van der Waals surface area contributed by atoms with Crippen molar-refractivity contribution in [1.29, 1.82) is 0 Å². The molecule has 0 spiro atoms. The van der Waals surface area contributed by atoms with Gasteiger partial charge in [-0.05, 0) is 13.1 Å². The van der Waals surface area contributed by atoms with Gasteiger partial charge in [0, 0.05) is 37.0 Å². The number of anilines is 1. The molecule has 1 aromatic carbocycles. The molecule has 0 unspecified atom stereocenters. The van der Waals surface area contributed by atoms with Crippen LogP contribution in [0.3, 0.4) is 0 Å². The molecule has 3 heterocycles. The quantitative estimate of drug-likeness (QED) is 0.668. The summed E-state index contributed by atoms with van der Waals surface area (Å²) in [6.07, 6.45) is -3.71. The zero-order valence-electron chi connectivity index (χ0n) is 13.7. The summed E-state index contributed by atoms with van der Waals surface area (Å²) < 4.78 is 67.5. The normalized spacial score (nSPS) is 16.8. The third-order valence-electron chi connectivity index (χ3n) is 4.66. The highest BCUT2D eigenvalue weighted by atomic mass is 19.4. The number of aromatic nitrogens is 3. The number of piperazine rings is 1. The van der Waals surface area contributed by atoms with Crippen molar-refractivity contribution in [2.75, 3.05) is 38.1 Å². The first-order chi connectivity index (χ1) is 12.3. The molecule has 1 fully saturated rings. The van der Waals surface area contributed by atoms with E-state index in [1.54, 1.807) is 0 Å². The highest BCUT2D eigenvalue weighted by molar-refractivity contribution is 6.08. The Bertz CT molecular complexity index is 988. The van der Waals surface area contributed by atoms with E-state index in [1.165, 1.54) is 6.20 Å². The molecule has 0 aliphatic carbocycles. The number of nitrogens with one attached hydrogen (secondary N) is 1. The van der Waals surface area contributed by atoms with Crippen LogP contribution in [0.25, 0.3) is 21.8 Å². The first-order valence-electron chi connectivity index (χ1n) is 7.93. The standard InChI is InChI=1S/C16H14F5N5/c1-25-2-4-26(5-3-25)15-14-9(7-22-24-14)8-6-10(16(19,20)21)11(17)12(18)13(8)23-15/h6-7H,2-5H2,1H3,(H,22,24). The zero-order valence-corrected chi connectivity index (χ0v) is 13.7. The number of nitrogens with zero attached hydrogens (tertiary/aromatic N) is 4. The average molecular weight is 371 g/mol. The lowest BCUT2D eigenvalue weighted by Gasteiger charge is -2.33. The van der Waals surface area contributed by atoms with Crippen LogP contribution in [0.1, 0.15) is 5.56 Å². The first kappa shape index (κ1) is 17.0. The van der Waals surface area contributed by atoms with Gasteiger partial charge in [0.05, 0.1) is 11.8 Å². The van der Waals surface area contributed by atoms with Crippen LogP contribution >= 0.6 is 0 Å². The van der Waals surface area contributed by atoms with Crippen LogP contribution in [-0.2, 0) is 6.18 Å². The van der Waals surface area contributed by atoms with Gasteiger partial charge in [-0.3, -0.25) is 5.10 Å². The molecular formula is C16H14F5N5. The predicted octanol–water partition coefficient (Wildman–Crippen LogP) is 3.16. The van der Waals surface area contributed by atoms with Crippen LogP contribution in [0, 0.1) is 11.6 Å². The fourth-order valence-corrected chi connectivity index (χ4v) is 3.21. The second kappa shape index (κ2) is 5.76. The van der Waals surface area contributed by atoms with Gasteiger partial charge in [0.1, 0.15) is 11.0 Å². The number of rotatable bonds is 1. The average Bonchev–Trinajstić information content (AvgIpc) is 3.07. The summed E-state index contributed by atoms with van der Waals surface area (Å²) in [4.78, 5) is 8.15. The van der Waals surface area contributed by atoms with Crippen LogP contribution in [0.2, 0.25) is 0 Å². The van der Waals surface area contributed by atoms with E-state index in [2.05, 4.69) is 20.1 Å². The highest BCUT2D eigenvalue weighted by Crippen LogP contribution is 2.38. The van der Waals surface area contributed by atoms with Crippen molar-refractivity contribution < 1.29 is 22.0 Å². The Kier molecular flexibility index (Phi) is 3.76. The zero-order chi connectivity index (χ0) is 18.6. The Morgan fingerprint density at radius 3 is 2.38 bits per heavy atom. The minimum absolute atomic E-state index is 0.127. The van der Waals surface area contributed by atoms with E-state index in [9.17, 15) is 22.0 Å². The summed E-state index contributed by atoms with van der Waals surface area (Å²) >= 11 is 0. The molecule has 5 nitrogen and oxygen atoms in total. The van der Waals surface area contributed by atoms with Gasteiger partial charge in [0.2, 0.25) is 0 Å². The number of benzene rings is 1. The van der Waals surface area contributed by atoms with Crippen LogP contribution in [0.4, 0.5) is 27.8 Å². The maximum atomic E-state index is 14.4. The molecule has 1 saturated heterocycles. The third-order valence-corrected chi connectivity index (χ3v) is 4.66. The Morgan fingerprint density at radius 1 is 1.04 bits per heavy atom. The first-order valence-corrected chi connectivity index (χ1v) is 7.93. The molecule has 1 N–H and O–H groups in total. The van der Waals surface area contributed by atoms with Crippen molar-refractivity contribution >= 4 is 27.6 Å². The Balaban J connectivity index is 1.99. The fourth-order valence-electron chi connectivity index (χ4n) is 3.21. The molecule has 1 aliphatic heterocycles. The summed E-state index contributed by atoms with van der Waals surface area (Å²) in [5, 5.41) is 6.73. The molecule has 0 amide bonds. The number of halogens is 5. The van der Waals surface area contributed by atoms with Crippen molar-refractivity contribution in [2.24, 2.45) is 0 Å². The van der Waals surface area contributed by atoms with Crippen molar-refractivity contribution in [3.05, 3.63) is 29.5 Å². The third kappa shape index (κ3) is 2.56. The SMILES string of the molecule is CN1CCN(c2nc3c(F)c(F)c(C(F)(F)F)cc3c3cn[nH]c23)CC1. The molecule has 0 saturated carbocycles. The number of hydrogen-bond donors (Lipinski definition) is 1. The minimum Gasteiger partial charge on any atom is -0.352 e. The molecule has 3 aromatic rings. The smallest absolute Gasteiger partial charge is 0.352 e. The number of pyridine rings is 1. The second-order valence-corrected chi connectivity index (χ2v) is 6.33. The van der Waals surface area contributed by atoms with Gasteiger partial charge in [0.15, 0.2) is 17.5 Å². The molecule has 2 aromatic heterocycles. The number of hydrogen-bond acceptors (Lipinski definition) is 4. The van der Waals surface area contributed by atoms with Gasteiger partial charge >= 0.3 is 6.18 Å². The molecule has 0 radical (unpaired) electrons. The lowest BCUT2D eigenvalue weighted by Crippen LogP contribution is -2.44. The lowest BCUT2D eigenvalue weighted by atomic mass is 10.1. The van der Waals surface area contributed by atoms with E-state index in [0.717, 1.165) is 13.1 Å². The molecule has 26 heavy (non-hydrogen) atoms. The molecular weight excluding hydrogens is 357 g/mol. The van der Waals surface area contributed by atoms with E-state index in [0.29, 0.717) is 30.5 Å². The van der Waals surface area contributed by atoms with Gasteiger partial charge in [-0.2, -0.15) is 18.3 Å². The Morgan fingerprint density at radius 2 is 1.73 bits per heavy atom. The summed E-state index contributed by atoms with van der Waals surface area (Å²) in [7, 11) is 1.96. The van der Waals surface area contributed by atoms with E-state index in [4.69, 9.17) is 0 Å². The molecule has 138 valence electrons. The summed E-state index contributed by atoms with van der Waals surface area (Å²) in [5.74, 6) is -3.19. The summed E-state index contributed by atoms with van der Waals surface area (Å²) in [5.41, 5.74) is -1.68. The lowest BCUT2D eigenvalue weighted by molar-refractivity contribution is -0.140. The second-order valence-electron chi connectivity index (χ2n) is 6.33. The van der Waals surface area contributed by atoms with Gasteiger partial charge in [0.25, 0.3) is 0 Å². The monoisotopic (exact) mass is 371 g/mol. The molecule has 1 aliphatic rings. The number of alkyl halides is 3. The molecule has 10 heteroatoms. The van der Waals surface area contributed by atoms with Gasteiger partial charge in [-0.25, -0.2) is 13.8 Å². The molecule has 0 atom stereocenters. The number of fused-ring (bicyclic) bond motifs is 3. The predicted molar refractivity (Wildman–Crippen MR) is 86.0 cm³/mol. The number of likely N-dealkylation sites (N-methyl/N-ethyl adjacent to an activating group) is 1. The highest BCUT2D eigenvalue weighted by Gasteiger charge is 2.37. The van der Waals surface area contributed by atoms with Crippen LogP contribution in [0.15, 0.2) is 12.3 Å². The van der Waals surface area contributed by atoms with Gasteiger partial charge < -0.3 is 9.80 Å². The largest absolute Gasteiger partial charge is 0.419 e. The summed E-state index contributed by atoms with van der Waals surface area (Å²) in [6, 6.07) is 0.590. The van der Waals surface area contributed by atoms with E-state index in [1.807, 2.05) is 11.9 Å². The molecule has 0 bridgehead atoms. The fraction of sp³-hybridized carbons (Fsp3) is 0.375. The number of H-pyrrole nitrogens is 1. The van der Waals surface area contributed by atoms with E-state index in [-0.39, 0.29) is 10.8 Å². The topological polar surface area (TPSA) is 48.1 Å². The minimum atomic E-state index is -5.01. The molecule has 4 rings (SSSR count). The van der Waals surface area contributed by atoms with Crippen LogP contribution in [0.5, 0.6) is 0 Å². The van der Waals surface area contributed by atoms with E-state index < -0.39 is 28.9 Å². The van der Waals surface area contributed by atoms with Crippen molar-refractivity contribution in [1.82, 2.24) is 20.1 Å².